The quantitative estimate of drug-likeness (QED) is 0.617. The molecule has 0 aromatic heterocycles. The molecule has 13 heavy (non-hydrogen) atoms. The van der Waals surface area contributed by atoms with Crippen LogP contribution in [0, 0.1) is 0 Å². The third kappa shape index (κ3) is 8.16. The zero-order chi connectivity index (χ0) is 10.1. The molecule has 0 rings (SSSR count). The highest BCUT2D eigenvalue weighted by molar-refractivity contribution is 7.99. The number of carboxylic acid groups (broad SMARTS) is 1. The van der Waals surface area contributed by atoms with E-state index >= 15 is 0 Å². The van der Waals surface area contributed by atoms with Gasteiger partial charge in [0.25, 0.3) is 0 Å². The minimum Gasteiger partial charge on any atom is -0.481 e. The van der Waals surface area contributed by atoms with Crippen molar-refractivity contribution in [1.29, 1.82) is 0 Å². The van der Waals surface area contributed by atoms with Crippen LogP contribution in [0.5, 0.6) is 0 Å². The number of rotatable bonds is 8. The van der Waals surface area contributed by atoms with E-state index in [9.17, 15) is 4.79 Å². The van der Waals surface area contributed by atoms with Crippen LogP contribution in [0.15, 0.2) is 0 Å². The summed E-state index contributed by atoms with van der Waals surface area (Å²) < 4.78 is 0. The number of hydrogen-bond acceptors (Lipinski definition) is 2. The van der Waals surface area contributed by atoms with Crippen molar-refractivity contribution < 1.29 is 9.90 Å². The topological polar surface area (TPSA) is 37.3 Å². The molecular formula is C10H20O2S. The van der Waals surface area contributed by atoms with E-state index in [1.54, 1.807) is 11.8 Å². The second-order valence-electron chi connectivity index (χ2n) is 3.17. The van der Waals surface area contributed by atoms with E-state index in [4.69, 9.17) is 5.11 Å². The van der Waals surface area contributed by atoms with E-state index in [0.717, 1.165) is 12.2 Å². The number of thioether (sulfide) groups is 1. The molecule has 0 heterocycles. The van der Waals surface area contributed by atoms with Gasteiger partial charge in [-0.25, -0.2) is 0 Å². The van der Waals surface area contributed by atoms with Crippen molar-refractivity contribution in [3.05, 3.63) is 0 Å². The Hall–Kier alpha value is -0.180. The summed E-state index contributed by atoms with van der Waals surface area (Å²) in [7, 11) is 0. The zero-order valence-corrected chi connectivity index (χ0v) is 9.40. The molecule has 0 saturated carbocycles. The molecule has 0 aromatic carbocycles. The molecule has 0 bridgehead atoms. The van der Waals surface area contributed by atoms with Crippen molar-refractivity contribution in [2.24, 2.45) is 0 Å². The smallest absolute Gasteiger partial charge is 0.304 e. The normalized spacial score (nSPS) is 12.8. The Balaban J connectivity index is 3.59. The standard InChI is InChI=1S/C10H20O2S/c1-3-5-6-7-9(13-4-2)8-10(11)12/h9H,3-8H2,1-2H3,(H,11,12). The fraction of sp³-hybridized carbons (Fsp3) is 0.900. The van der Waals surface area contributed by atoms with Gasteiger partial charge in [-0.2, -0.15) is 11.8 Å². The Morgan fingerprint density at radius 2 is 2.08 bits per heavy atom. The van der Waals surface area contributed by atoms with Crippen molar-refractivity contribution in [1.82, 2.24) is 0 Å². The van der Waals surface area contributed by atoms with Crippen LogP contribution in [-0.4, -0.2) is 22.1 Å². The second-order valence-corrected chi connectivity index (χ2v) is 4.75. The van der Waals surface area contributed by atoms with Gasteiger partial charge in [-0.15, -0.1) is 0 Å². The van der Waals surface area contributed by atoms with Crippen molar-refractivity contribution in [3.8, 4) is 0 Å². The molecule has 0 radical (unpaired) electrons. The fourth-order valence-electron chi connectivity index (χ4n) is 1.30. The fourth-order valence-corrected chi connectivity index (χ4v) is 2.36. The van der Waals surface area contributed by atoms with Crippen molar-refractivity contribution in [2.75, 3.05) is 5.75 Å². The molecule has 0 saturated heterocycles. The first-order valence-corrected chi connectivity index (χ1v) is 6.09. The second kappa shape index (κ2) is 8.42. The number of carboxylic acids is 1. The first-order chi connectivity index (χ1) is 6.20. The van der Waals surface area contributed by atoms with Gasteiger partial charge < -0.3 is 5.11 Å². The molecule has 78 valence electrons. The molecule has 0 aromatic rings. The number of hydrogen-bond donors (Lipinski definition) is 1. The first-order valence-electron chi connectivity index (χ1n) is 5.04. The van der Waals surface area contributed by atoms with Crippen LogP contribution in [0.25, 0.3) is 0 Å². The summed E-state index contributed by atoms with van der Waals surface area (Å²) in [6.45, 7) is 4.25. The SMILES string of the molecule is CCCCCC(CC(=O)O)SCC. The average molecular weight is 204 g/mol. The lowest BCUT2D eigenvalue weighted by Crippen LogP contribution is -2.10. The highest BCUT2D eigenvalue weighted by Crippen LogP contribution is 2.20. The van der Waals surface area contributed by atoms with Gasteiger partial charge in [0.2, 0.25) is 0 Å². The van der Waals surface area contributed by atoms with Crippen molar-refractivity contribution in [2.45, 2.75) is 51.2 Å². The highest BCUT2D eigenvalue weighted by Gasteiger charge is 2.11. The highest BCUT2D eigenvalue weighted by atomic mass is 32.2. The minimum absolute atomic E-state index is 0.322. The molecular weight excluding hydrogens is 184 g/mol. The molecule has 0 aliphatic heterocycles. The van der Waals surface area contributed by atoms with Gasteiger partial charge in [0.1, 0.15) is 0 Å². The predicted molar refractivity (Wildman–Crippen MR) is 58.3 cm³/mol. The summed E-state index contributed by atoms with van der Waals surface area (Å²) in [6.07, 6.45) is 4.97. The Labute approximate surface area is 85.1 Å². The van der Waals surface area contributed by atoms with Crippen LogP contribution >= 0.6 is 11.8 Å². The summed E-state index contributed by atoms with van der Waals surface area (Å²) in [6, 6.07) is 0. The summed E-state index contributed by atoms with van der Waals surface area (Å²) in [4.78, 5) is 10.5. The van der Waals surface area contributed by atoms with E-state index in [1.165, 1.54) is 19.3 Å². The van der Waals surface area contributed by atoms with Crippen LogP contribution < -0.4 is 0 Å². The third-order valence-electron chi connectivity index (χ3n) is 1.93. The van der Waals surface area contributed by atoms with Crippen LogP contribution in [0.1, 0.15) is 46.0 Å². The maximum absolute atomic E-state index is 10.5. The van der Waals surface area contributed by atoms with Crippen molar-refractivity contribution >= 4 is 17.7 Å². The Morgan fingerprint density at radius 3 is 2.54 bits per heavy atom. The van der Waals surface area contributed by atoms with E-state index in [-0.39, 0.29) is 0 Å². The third-order valence-corrected chi connectivity index (χ3v) is 3.14. The molecule has 0 amide bonds. The molecule has 1 unspecified atom stereocenters. The molecule has 1 N–H and O–H groups in total. The molecule has 0 aliphatic rings. The Bertz CT molecular complexity index is 137. The molecule has 0 aliphatic carbocycles. The number of unbranched alkanes of at least 4 members (excludes halogenated alkanes) is 2. The van der Waals surface area contributed by atoms with Crippen molar-refractivity contribution in [3.63, 3.8) is 0 Å². The maximum Gasteiger partial charge on any atom is 0.304 e. The molecule has 0 fully saturated rings. The lowest BCUT2D eigenvalue weighted by molar-refractivity contribution is -0.137. The first kappa shape index (κ1) is 12.8. The summed E-state index contributed by atoms with van der Waals surface area (Å²) in [5.74, 6) is 0.354. The van der Waals surface area contributed by atoms with Gasteiger partial charge in [0.05, 0.1) is 6.42 Å². The average Bonchev–Trinajstić information content (AvgIpc) is 2.04. The van der Waals surface area contributed by atoms with Gasteiger partial charge >= 0.3 is 5.97 Å². The monoisotopic (exact) mass is 204 g/mol. The van der Waals surface area contributed by atoms with Gasteiger partial charge in [0, 0.05) is 5.25 Å². The lowest BCUT2D eigenvalue weighted by atomic mass is 10.1. The van der Waals surface area contributed by atoms with Gasteiger partial charge in [-0.05, 0) is 12.2 Å². The van der Waals surface area contributed by atoms with Crippen LogP contribution in [-0.2, 0) is 4.79 Å². The van der Waals surface area contributed by atoms with Crippen LogP contribution in [0.4, 0.5) is 0 Å². The summed E-state index contributed by atoms with van der Waals surface area (Å²) in [5, 5.41) is 8.98. The predicted octanol–water partition coefficient (Wildman–Crippen LogP) is 3.16. The molecule has 0 spiro atoms. The van der Waals surface area contributed by atoms with Gasteiger partial charge in [-0.1, -0.05) is 33.1 Å². The van der Waals surface area contributed by atoms with Crippen LogP contribution in [0.2, 0.25) is 0 Å². The molecule has 2 nitrogen and oxygen atoms in total. The van der Waals surface area contributed by atoms with E-state index in [0.29, 0.717) is 11.7 Å². The Morgan fingerprint density at radius 1 is 1.38 bits per heavy atom. The molecule has 3 heteroatoms. The van der Waals surface area contributed by atoms with Gasteiger partial charge in [-0.3, -0.25) is 4.79 Å². The van der Waals surface area contributed by atoms with Gasteiger partial charge in [0.15, 0.2) is 0 Å². The maximum atomic E-state index is 10.5. The van der Waals surface area contributed by atoms with Crippen LogP contribution in [0.3, 0.4) is 0 Å². The lowest BCUT2D eigenvalue weighted by Gasteiger charge is -2.12. The summed E-state index contributed by atoms with van der Waals surface area (Å²) in [5.41, 5.74) is 0. The van der Waals surface area contributed by atoms with E-state index in [2.05, 4.69) is 13.8 Å². The van der Waals surface area contributed by atoms with E-state index < -0.39 is 5.97 Å². The molecule has 1 atom stereocenters. The number of aliphatic carboxylic acids is 1. The Kier molecular flexibility index (Phi) is 8.30. The zero-order valence-electron chi connectivity index (χ0n) is 8.58. The summed E-state index contributed by atoms with van der Waals surface area (Å²) >= 11 is 1.77. The van der Waals surface area contributed by atoms with E-state index in [1.807, 2.05) is 0 Å². The number of carbonyl (C=O) groups is 1. The minimum atomic E-state index is -0.664. The largest absolute Gasteiger partial charge is 0.481 e.